The minimum Gasteiger partial charge on any atom is -0.334 e. The van der Waals surface area contributed by atoms with Crippen molar-refractivity contribution >= 4 is 40.7 Å². The molecule has 104 valence electrons. The molecule has 0 radical (unpaired) electrons. The summed E-state index contributed by atoms with van der Waals surface area (Å²) in [5, 5.41) is 0.733. The fourth-order valence-electron chi connectivity index (χ4n) is 2.43. The maximum Gasteiger partial charge on any atom is 0.255 e. The molecule has 0 aromatic heterocycles. The van der Waals surface area contributed by atoms with Gasteiger partial charge in [0.05, 0.1) is 15.6 Å². The molecule has 0 aliphatic carbocycles. The van der Waals surface area contributed by atoms with Gasteiger partial charge in [0.25, 0.3) is 5.91 Å². The van der Waals surface area contributed by atoms with E-state index in [0.717, 1.165) is 32.2 Å². The highest BCUT2D eigenvalue weighted by Gasteiger charge is 2.27. The summed E-state index contributed by atoms with van der Waals surface area (Å²) in [7, 11) is 0. The van der Waals surface area contributed by atoms with E-state index < -0.39 is 0 Å². The molecule has 1 aliphatic heterocycles. The summed E-state index contributed by atoms with van der Waals surface area (Å²) in [6.07, 6.45) is 4.22. The highest BCUT2D eigenvalue weighted by atomic mass is 35.5. The second-order valence-electron chi connectivity index (χ2n) is 4.76. The van der Waals surface area contributed by atoms with E-state index in [-0.39, 0.29) is 11.9 Å². The van der Waals surface area contributed by atoms with Gasteiger partial charge < -0.3 is 4.90 Å². The average Bonchev–Trinajstić information content (AvgIpc) is 2.66. The molecule has 1 saturated heterocycles. The van der Waals surface area contributed by atoms with Crippen LogP contribution in [0.5, 0.6) is 0 Å². The van der Waals surface area contributed by atoms with Crippen molar-refractivity contribution in [1.82, 2.24) is 4.90 Å². The van der Waals surface area contributed by atoms with Crippen molar-refractivity contribution in [2.24, 2.45) is 0 Å². The number of carbonyl (C=O) groups is 1. The van der Waals surface area contributed by atoms with Crippen LogP contribution in [-0.4, -0.2) is 29.3 Å². The van der Waals surface area contributed by atoms with Crippen LogP contribution in [0, 0.1) is 0 Å². The van der Waals surface area contributed by atoms with Gasteiger partial charge in [0, 0.05) is 18.5 Å². The van der Waals surface area contributed by atoms with Crippen molar-refractivity contribution in [2.75, 3.05) is 12.4 Å². The molecular weight excluding hydrogens is 305 g/mol. The third-order valence-electron chi connectivity index (χ3n) is 3.50. The third kappa shape index (κ3) is 3.36. The largest absolute Gasteiger partial charge is 0.334 e. The molecule has 1 aliphatic rings. The van der Waals surface area contributed by atoms with Crippen LogP contribution < -0.4 is 0 Å². The van der Waals surface area contributed by atoms with Crippen molar-refractivity contribution in [1.29, 1.82) is 0 Å². The molecule has 2 rings (SSSR count). The van der Waals surface area contributed by atoms with Gasteiger partial charge in [-0.2, -0.15) is 0 Å². The van der Waals surface area contributed by atoms with Gasteiger partial charge in [0.1, 0.15) is 0 Å². The lowest BCUT2D eigenvalue weighted by atomic mass is 10.1. The molecule has 1 atom stereocenters. The molecule has 0 N–H and O–H groups in total. The first-order chi connectivity index (χ1) is 9.15. The van der Waals surface area contributed by atoms with E-state index >= 15 is 0 Å². The fourth-order valence-corrected chi connectivity index (χ4v) is 3.13. The van der Waals surface area contributed by atoms with Gasteiger partial charge in [-0.3, -0.25) is 4.79 Å². The predicted octanol–water partition coefficient (Wildman–Crippen LogP) is 4.62. The van der Waals surface area contributed by atoms with Crippen molar-refractivity contribution in [3.63, 3.8) is 0 Å². The summed E-state index contributed by atoms with van der Waals surface area (Å²) < 4.78 is 0. The standard InChI is InChI=1S/C14H16Cl3NO/c15-9-10-5-2-1-3-8-18(10)14(19)11-6-4-7-12(16)13(11)17/h4,6-7,10H,1-3,5,8-9H2. The van der Waals surface area contributed by atoms with E-state index in [1.165, 1.54) is 0 Å². The minimum atomic E-state index is -0.0694. The molecule has 1 fully saturated rings. The van der Waals surface area contributed by atoms with Crippen LogP contribution in [0.3, 0.4) is 0 Å². The van der Waals surface area contributed by atoms with Gasteiger partial charge in [-0.05, 0) is 25.0 Å². The third-order valence-corrected chi connectivity index (χ3v) is 4.67. The fraction of sp³-hybridized carbons (Fsp3) is 0.500. The number of amides is 1. The monoisotopic (exact) mass is 319 g/mol. The van der Waals surface area contributed by atoms with Crippen molar-refractivity contribution in [3.05, 3.63) is 33.8 Å². The van der Waals surface area contributed by atoms with Crippen molar-refractivity contribution in [2.45, 2.75) is 31.7 Å². The number of benzene rings is 1. The molecule has 0 saturated carbocycles. The Labute approximate surface area is 128 Å². The van der Waals surface area contributed by atoms with E-state index in [4.69, 9.17) is 34.8 Å². The lowest BCUT2D eigenvalue weighted by molar-refractivity contribution is 0.0700. The summed E-state index contributed by atoms with van der Waals surface area (Å²) in [6.45, 7) is 0.735. The number of carbonyl (C=O) groups excluding carboxylic acids is 1. The van der Waals surface area contributed by atoms with E-state index in [1.54, 1.807) is 18.2 Å². The Morgan fingerprint density at radius 1 is 1.26 bits per heavy atom. The zero-order valence-corrected chi connectivity index (χ0v) is 12.8. The quantitative estimate of drug-likeness (QED) is 0.728. The highest BCUT2D eigenvalue weighted by Crippen LogP contribution is 2.28. The Morgan fingerprint density at radius 3 is 2.79 bits per heavy atom. The zero-order valence-electron chi connectivity index (χ0n) is 10.5. The number of nitrogens with zero attached hydrogens (tertiary/aromatic N) is 1. The summed E-state index contributed by atoms with van der Waals surface area (Å²) in [5.74, 6) is 0.393. The van der Waals surface area contributed by atoms with Crippen LogP contribution in [0.2, 0.25) is 10.0 Å². The lowest BCUT2D eigenvalue weighted by Crippen LogP contribution is -2.41. The van der Waals surface area contributed by atoms with Crippen LogP contribution >= 0.6 is 34.8 Å². The summed E-state index contributed by atoms with van der Waals surface area (Å²) in [6, 6.07) is 5.23. The molecule has 0 bridgehead atoms. The minimum absolute atomic E-state index is 0.0694. The van der Waals surface area contributed by atoms with E-state index in [2.05, 4.69) is 0 Å². The number of halogens is 3. The van der Waals surface area contributed by atoms with Crippen LogP contribution in [-0.2, 0) is 0 Å². The Balaban J connectivity index is 2.28. The van der Waals surface area contributed by atoms with E-state index in [9.17, 15) is 4.79 Å². The van der Waals surface area contributed by atoms with Crippen LogP contribution in [0.4, 0.5) is 0 Å². The molecule has 2 nitrogen and oxygen atoms in total. The lowest BCUT2D eigenvalue weighted by Gasteiger charge is -2.29. The highest BCUT2D eigenvalue weighted by molar-refractivity contribution is 6.43. The number of hydrogen-bond donors (Lipinski definition) is 0. The van der Waals surface area contributed by atoms with Gasteiger partial charge in [-0.25, -0.2) is 0 Å². The van der Waals surface area contributed by atoms with Crippen molar-refractivity contribution < 1.29 is 4.79 Å². The second-order valence-corrected chi connectivity index (χ2v) is 5.85. The topological polar surface area (TPSA) is 20.3 Å². The first-order valence-electron chi connectivity index (χ1n) is 6.46. The number of alkyl halides is 1. The molecule has 1 amide bonds. The SMILES string of the molecule is O=C(c1cccc(Cl)c1Cl)N1CCCCCC1CCl. The van der Waals surface area contributed by atoms with E-state index in [1.807, 2.05) is 4.90 Å². The van der Waals surface area contributed by atoms with Gasteiger partial charge >= 0.3 is 0 Å². The molecule has 1 aromatic carbocycles. The first-order valence-corrected chi connectivity index (χ1v) is 7.75. The van der Waals surface area contributed by atoms with Gasteiger partial charge in [-0.15, -0.1) is 11.6 Å². The van der Waals surface area contributed by atoms with Gasteiger partial charge in [0.2, 0.25) is 0 Å². The van der Waals surface area contributed by atoms with Crippen LogP contribution in [0.15, 0.2) is 18.2 Å². The maximum atomic E-state index is 12.6. The van der Waals surface area contributed by atoms with Gasteiger partial charge in [-0.1, -0.05) is 42.1 Å². The smallest absolute Gasteiger partial charge is 0.255 e. The van der Waals surface area contributed by atoms with Crippen molar-refractivity contribution in [3.8, 4) is 0 Å². The molecule has 1 aromatic rings. The Bertz CT molecular complexity index is 464. The number of hydrogen-bond acceptors (Lipinski definition) is 1. The molecule has 19 heavy (non-hydrogen) atoms. The predicted molar refractivity (Wildman–Crippen MR) is 80.5 cm³/mol. The number of likely N-dealkylation sites (tertiary alicyclic amines) is 1. The average molecular weight is 321 g/mol. The Morgan fingerprint density at radius 2 is 2.05 bits per heavy atom. The molecule has 0 spiro atoms. The molecule has 1 heterocycles. The zero-order chi connectivity index (χ0) is 13.8. The van der Waals surface area contributed by atoms with Crippen LogP contribution in [0.1, 0.15) is 36.0 Å². The van der Waals surface area contributed by atoms with Crippen LogP contribution in [0.25, 0.3) is 0 Å². The summed E-state index contributed by atoms with van der Waals surface area (Å²) in [4.78, 5) is 14.5. The van der Waals surface area contributed by atoms with Gasteiger partial charge in [0.15, 0.2) is 0 Å². The molecule has 5 heteroatoms. The second kappa shape index (κ2) is 6.83. The maximum absolute atomic E-state index is 12.6. The van der Waals surface area contributed by atoms with E-state index in [0.29, 0.717) is 21.5 Å². The molecular formula is C14H16Cl3NO. The summed E-state index contributed by atoms with van der Waals surface area (Å²) in [5.41, 5.74) is 0.464. The number of rotatable bonds is 2. The summed E-state index contributed by atoms with van der Waals surface area (Å²) >= 11 is 18.1. The first kappa shape index (κ1) is 15.0. The normalized spacial score (nSPS) is 20.2. The molecule has 1 unspecified atom stereocenters. The Hall–Kier alpha value is -0.440. The Kier molecular flexibility index (Phi) is 5.37.